The van der Waals surface area contributed by atoms with Gasteiger partial charge in [-0.15, -0.1) is 0 Å². The van der Waals surface area contributed by atoms with E-state index in [1.807, 2.05) is 0 Å². The van der Waals surface area contributed by atoms with Gasteiger partial charge in [-0.25, -0.2) is 6.57 Å². The van der Waals surface area contributed by atoms with Crippen LogP contribution >= 0.6 is 0 Å². The fourth-order valence-corrected chi connectivity index (χ4v) is 3.03. The summed E-state index contributed by atoms with van der Waals surface area (Å²) in [5.41, 5.74) is 0. The first kappa shape index (κ1) is 28.3. The van der Waals surface area contributed by atoms with Gasteiger partial charge in [0, 0.05) is 13.2 Å². The first-order valence-corrected chi connectivity index (χ1v) is 12.1. The molecular formula is C24H47NO4. The highest BCUT2D eigenvalue weighted by molar-refractivity contribution is 4.60. The molecule has 0 N–H and O–H groups in total. The molecular weight excluding hydrogens is 366 g/mol. The molecule has 0 aliphatic carbocycles. The van der Waals surface area contributed by atoms with Crippen LogP contribution in [0.3, 0.4) is 0 Å². The largest absolute Gasteiger partial charge is 0.379 e. The molecule has 0 aromatic rings. The van der Waals surface area contributed by atoms with Gasteiger partial charge in [0.05, 0.1) is 32.8 Å². The minimum atomic E-state index is -0.334. The van der Waals surface area contributed by atoms with Crippen molar-refractivity contribution in [2.24, 2.45) is 0 Å². The lowest BCUT2D eigenvalue weighted by atomic mass is 10.1. The van der Waals surface area contributed by atoms with E-state index in [-0.39, 0.29) is 6.29 Å². The van der Waals surface area contributed by atoms with Crippen molar-refractivity contribution in [3.8, 4) is 0 Å². The Morgan fingerprint density at radius 2 is 1.03 bits per heavy atom. The third kappa shape index (κ3) is 23.5. The van der Waals surface area contributed by atoms with E-state index < -0.39 is 0 Å². The maximum absolute atomic E-state index is 6.96. The van der Waals surface area contributed by atoms with Crippen molar-refractivity contribution in [2.75, 3.05) is 46.2 Å². The molecule has 0 radical (unpaired) electrons. The fourth-order valence-electron chi connectivity index (χ4n) is 3.03. The summed E-state index contributed by atoms with van der Waals surface area (Å²) in [6.07, 6.45) is 15.5. The molecule has 0 spiro atoms. The number of nitrogens with zero attached hydrogens (tertiary/aromatic N) is 1. The van der Waals surface area contributed by atoms with Gasteiger partial charge in [-0.1, -0.05) is 78.1 Å². The second-order valence-corrected chi connectivity index (χ2v) is 7.60. The molecule has 0 aliphatic rings. The molecule has 0 aromatic carbocycles. The quantitative estimate of drug-likeness (QED) is 0.104. The van der Waals surface area contributed by atoms with E-state index in [0.29, 0.717) is 39.4 Å². The maximum atomic E-state index is 6.96. The minimum absolute atomic E-state index is 0.334. The lowest BCUT2D eigenvalue weighted by molar-refractivity contribution is -0.159. The first-order chi connectivity index (χ1) is 14.3. The molecule has 0 amide bonds. The Morgan fingerprint density at radius 3 is 1.48 bits per heavy atom. The predicted molar refractivity (Wildman–Crippen MR) is 120 cm³/mol. The molecule has 0 aromatic heterocycles. The average Bonchev–Trinajstić information content (AvgIpc) is 2.74. The Kier molecular flexibility index (Phi) is 24.8. The molecule has 0 heterocycles. The molecule has 5 nitrogen and oxygen atoms in total. The van der Waals surface area contributed by atoms with Crippen LogP contribution in [0.5, 0.6) is 0 Å². The van der Waals surface area contributed by atoms with E-state index in [1.165, 1.54) is 64.2 Å². The summed E-state index contributed by atoms with van der Waals surface area (Å²) in [5.74, 6) is 0. The standard InChI is InChI=1S/C24H47NO4/c1-4-6-8-10-12-14-18-26-20-22-28-24(16-17-25-3)29-23-21-27-19-15-13-11-9-7-5-2/h24H,4-23H2,1-2H3. The number of rotatable bonds is 24. The molecule has 0 fully saturated rings. The van der Waals surface area contributed by atoms with Gasteiger partial charge < -0.3 is 23.8 Å². The molecule has 0 bridgehead atoms. The van der Waals surface area contributed by atoms with Gasteiger partial charge >= 0.3 is 0 Å². The van der Waals surface area contributed by atoms with E-state index in [4.69, 9.17) is 25.5 Å². The normalized spacial score (nSPS) is 11.2. The summed E-state index contributed by atoms with van der Waals surface area (Å²) in [6, 6.07) is 0. The molecule has 0 saturated carbocycles. The van der Waals surface area contributed by atoms with Crippen LogP contribution < -0.4 is 0 Å². The topological polar surface area (TPSA) is 41.3 Å². The van der Waals surface area contributed by atoms with Gasteiger partial charge in [-0.05, 0) is 12.8 Å². The maximum Gasteiger partial charge on any atom is 0.219 e. The molecule has 29 heavy (non-hydrogen) atoms. The molecule has 5 heteroatoms. The van der Waals surface area contributed by atoms with Crippen LogP contribution in [0.4, 0.5) is 0 Å². The van der Waals surface area contributed by atoms with Gasteiger partial charge in [-0.3, -0.25) is 0 Å². The molecule has 0 unspecified atom stereocenters. The minimum Gasteiger partial charge on any atom is -0.379 e. The Hall–Kier alpha value is -0.670. The van der Waals surface area contributed by atoms with Crippen LogP contribution in [0.15, 0.2) is 0 Å². The highest BCUT2D eigenvalue weighted by Crippen LogP contribution is 2.06. The third-order valence-corrected chi connectivity index (χ3v) is 4.82. The Bertz CT molecular complexity index is 322. The first-order valence-electron chi connectivity index (χ1n) is 12.1. The second kappa shape index (κ2) is 25.4. The van der Waals surface area contributed by atoms with Crippen molar-refractivity contribution in [2.45, 2.75) is 104 Å². The Morgan fingerprint density at radius 1 is 0.586 bits per heavy atom. The zero-order valence-electron chi connectivity index (χ0n) is 19.3. The van der Waals surface area contributed by atoms with Gasteiger partial charge in [0.15, 0.2) is 6.29 Å². The number of unbranched alkanes of at least 4 members (excludes halogenated alkanes) is 10. The van der Waals surface area contributed by atoms with Crippen molar-refractivity contribution in [1.29, 1.82) is 0 Å². The van der Waals surface area contributed by atoms with Crippen molar-refractivity contribution in [3.05, 3.63) is 11.4 Å². The Balaban J connectivity index is 3.53. The highest BCUT2D eigenvalue weighted by atomic mass is 16.7. The second-order valence-electron chi connectivity index (χ2n) is 7.60. The van der Waals surface area contributed by atoms with E-state index in [2.05, 4.69) is 18.7 Å². The number of hydrogen-bond acceptors (Lipinski definition) is 4. The van der Waals surface area contributed by atoms with Gasteiger partial charge in [-0.2, -0.15) is 0 Å². The molecule has 0 atom stereocenters. The van der Waals surface area contributed by atoms with Gasteiger partial charge in [0.2, 0.25) is 6.54 Å². The summed E-state index contributed by atoms with van der Waals surface area (Å²) >= 11 is 0. The summed E-state index contributed by atoms with van der Waals surface area (Å²) in [4.78, 5) is 3.40. The molecule has 0 rings (SSSR count). The monoisotopic (exact) mass is 413 g/mol. The SMILES string of the molecule is [C-]#[N+]CCC(OCCOCCCCCCCC)OCCOCCCCCCCC. The molecule has 0 saturated heterocycles. The van der Waals surface area contributed by atoms with Gasteiger partial charge in [0.25, 0.3) is 0 Å². The summed E-state index contributed by atoms with van der Waals surface area (Å²) < 4.78 is 22.7. The summed E-state index contributed by atoms with van der Waals surface area (Å²) in [7, 11) is 0. The van der Waals surface area contributed by atoms with Crippen molar-refractivity contribution < 1.29 is 18.9 Å². The van der Waals surface area contributed by atoms with E-state index in [0.717, 1.165) is 26.1 Å². The van der Waals surface area contributed by atoms with Crippen molar-refractivity contribution in [3.63, 3.8) is 0 Å². The predicted octanol–water partition coefficient (Wildman–Crippen LogP) is 6.41. The number of hydrogen-bond donors (Lipinski definition) is 0. The number of ether oxygens (including phenoxy) is 4. The highest BCUT2D eigenvalue weighted by Gasteiger charge is 2.11. The average molecular weight is 414 g/mol. The Labute approximate surface area is 180 Å². The van der Waals surface area contributed by atoms with Crippen LogP contribution in [-0.4, -0.2) is 52.5 Å². The third-order valence-electron chi connectivity index (χ3n) is 4.82. The van der Waals surface area contributed by atoms with Crippen LogP contribution in [0.1, 0.15) is 97.3 Å². The lowest BCUT2D eigenvalue weighted by Crippen LogP contribution is -2.23. The molecule has 0 aliphatic heterocycles. The van der Waals surface area contributed by atoms with Crippen LogP contribution in [0, 0.1) is 6.57 Å². The smallest absolute Gasteiger partial charge is 0.219 e. The molecule has 172 valence electrons. The zero-order chi connectivity index (χ0) is 21.3. The van der Waals surface area contributed by atoms with Crippen molar-refractivity contribution in [1.82, 2.24) is 0 Å². The zero-order valence-corrected chi connectivity index (χ0v) is 19.3. The van der Waals surface area contributed by atoms with Gasteiger partial charge in [0.1, 0.15) is 0 Å². The summed E-state index contributed by atoms with van der Waals surface area (Å²) in [6.45, 7) is 15.6. The van der Waals surface area contributed by atoms with Crippen LogP contribution in [0.25, 0.3) is 4.85 Å². The van der Waals surface area contributed by atoms with Crippen molar-refractivity contribution >= 4 is 0 Å². The fraction of sp³-hybridized carbons (Fsp3) is 0.958. The van der Waals surface area contributed by atoms with E-state index in [9.17, 15) is 0 Å². The van der Waals surface area contributed by atoms with E-state index >= 15 is 0 Å². The summed E-state index contributed by atoms with van der Waals surface area (Å²) in [5, 5.41) is 0. The van der Waals surface area contributed by atoms with E-state index in [1.54, 1.807) is 0 Å². The van der Waals surface area contributed by atoms with Crippen LogP contribution in [-0.2, 0) is 18.9 Å². The lowest BCUT2D eigenvalue weighted by Gasteiger charge is -2.17. The van der Waals surface area contributed by atoms with Crippen LogP contribution in [0.2, 0.25) is 0 Å².